The molecule has 2 atom stereocenters. The van der Waals surface area contributed by atoms with Crippen molar-refractivity contribution in [2.45, 2.75) is 12.0 Å². The topological polar surface area (TPSA) is 29.6 Å². The average molecular weight is 238 g/mol. The van der Waals surface area contributed by atoms with Crippen molar-refractivity contribution in [1.29, 1.82) is 0 Å². The summed E-state index contributed by atoms with van der Waals surface area (Å²) in [4.78, 5) is 12.5. The van der Waals surface area contributed by atoms with Crippen LogP contribution >= 0.6 is 0 Å². The molecule has 1 saturated heterocycles. The minimum atomic E-state index is -0.173. The van der Waals surface area contributed by atoms with E-state index in [0.29, 0.717) is 6.61 Å². The lowest BCUT2D eigenvalue weighted by Gasteiger charge is -2.13. The van der Waals surface area contributed by atoms with Gasteiger partial charge < -0.3 is 4.74 Å². The van der Waals surface area contributed by atoms with Gasteiger partial charge in [0.2, 0.25) is 0 Å². The fraction of sp³-hybridized carbons (Fsp3) is 0.188. The lowest BCUT2D eigenvalue weighted by Crippen LogP contribution is -2.18. The maximum absolute atomic E-state index is 12.5. The molecule has 1 aliphatic rings. The Labute approximate surface area is 106 Å². The Hall–Kier alpha value is -1.93. The van der Waals surface area contributed by atoms with E-state index in [9.17, 15) is 4.79 Å². The summed E-state index contributed by atoms with van der Waals surface area (Å²) < 4.78 is 5.35. The summed E-state index contributed by atoms with van der Waals surface area (Å²) in [6.45, 7) is 0.679. The Kier molecular flexibility index (Phi) is 2.95. The minimum absolute atomic E-state index is 0.0418. The maximum atomic E-state index is 12.5. The summed E-state index contributed by atoms with van der Waals surface area (Å²) in [5.41, 5.74) is 1.79. The molecular weight excluding hydrogens is 224 g/mol. The standard InChI is InChI=1S/C16H14O2/c17-16(13-9-5-2-6-10-13)15(14-11-18-14)12-7-3-1-4-8-12/h1-10,14-15H,11H2. The zero-order valence-corrected chi connectivity index (χ0v) is 9.95. The first kappa shape index (κ1) is 11.2. The first-order chi connectivity index (χ1) is 8.86. The van der Waals surface area contributed by atoms with E-state index in [1.54, 1.807) is 0 Å². The number of hydrogen-bond donors (Lipinski definition) is 0. The molecule has 0 N–H and O–H groups in total. The Morgan fingerprint density at radius 2 is 1.56 bits per heavy atom. The van der Waals surface area contributed by atoms with Crippen molar-refractivity contribution >= 4 is 5.78 Å². The third-order valence-electron chi connectivity index (χ3n) is 3.23. The zero-order valence-electron chi connectivity index (χ0n) is 9.95. The van der Waals surface area contributed by atoms with Crippen molar-refractivity contribution in [1.82, 2.24) is 0 Å². The highest BCUT2D eigenvalue weighted by atomic mass is 16.6. The van der Waals surface area contributed by atoms with E-state index in [1.807, 2.05) is 60.7 Å². The highest BCUT2D eigenvalue weighted by Gasteiger charge is 2.38. The number of benzene rings is 2. The van der Waals surface area contributed by atoms with E-state index < -0.39 is 0 Å². The van der Waals surface area contributed by atoms with Crippen LogP contribution in [0.3, 0.4) is 0 Å². The van der Waals surface area contributed by atoms with Crippen LogP contribution in [0.2, 0.25) is 0 Å². The number of ketones is 1. The van der Waals surface area contributed by atoms with Crippen LogP contribution in [0.4, 0.5) is 0 Å². The van der Waals surface area contributed by atoms with Gasteiger partial charge in [-0.2, -0.15) is 0 Å². The molecule has 1 fully saturated rings. The Morgan fingerprint density at radius 3 is 2.11 bits per heavy atom. The van der Waals surface area contributed by atoms with Gasteiger partial charge in [0.25, 0.3) is 0 Å². The molecule has 1 aliphatic heterocycles. The number of epoxide rings is 1. The number of ether oxygens (including phenoxy) is 1. The van der Waals surface area contributed by atoms with Crippen molar-refractivity contribution in [2.75, 3.05) is 6.61 Å². The minimum Gasteiger partial charge on any atom is -0.372 e. The summed E-state index contributed by atoms with van der Waals surface area (Å²) in [5.74, 6) is -0.0297. The van der Waals surface area contributed by atoms with E-state index in [-0.39, 0.29) is 17.8 Å². The van der Waals surface area contributed by atoms with Crippen molar-refractivity contribution in [3.05, 3.63) is 71.8 Å². The van der Waals surface area contributed by atoms with Crippen LogP contribution in [0.5, 0.6) is 0 Å². The van der Waals surface area contributed by atoms with Crippen LogP contribution in [-0.4, -0.2) is 18.5 Å². The number of carbonyl (C=O) groups excluding carboxylic acids is 1. The second kappa shape index (κ2) is 4.75. The van der Waals surface area contributed by atoms with Crippen LogP contribution in [-0.2, 0) is 4.74 Å². The highest BCUT2D eigenvalue weighted by Crippen LogP contribution is 2.32. The maximum Gasteiger partial charge on any atom is 0.173 e. The molecule has 0 saturated carbocycles. The second-order valence-electron chi connectivity index (χ2n) is 4.49. The fourth-order valence-electron chi connectivity index (χ4n) is 2.23. The second-order valence-corrected chi connectivity index (χ2v) is 4.49. The smallest absolute Gasteiger partial charge is 0.173 e. The van der Waals surface area contributed by atoms with Crippen molar-refractivity contribution in [2.24, 2.45) is 0 Å². The number of carbonyl (C=O) groups is 1. The van der Waals surface area contributed by atoms with Gasteiger partial charge in [-0.25, -0.2) is 0 Å². The molecule has 0 aromatic heterocycles. The van der Waals surface area contributed by atoms with Gasteiger partial charge in [-0.15, -0.1) is 0 Å². The number of Topliss-reactive ketones (excluding diaryl/α,β-unsaturated/α-hetero) is 1. The Bertz CT molecular complexity index is 530. The molecule has 3 rings (SSSR count). The number of hydrogen-bond acceptors (Lipinski definition) is 2. The number of rotatable bonds is 4. The highest BCUT2D eigenvalue weighted by molar-refractivity contribution is 6.01. The van der Waals surface area contributed by atoms with Crippen molar-refractivity contribution < 1.29 is 9.53 Å². The first-order valence-corrected chi connectivity index (χ1v) is 6.12. The molecule has 2 aromatic rings. The normalized spacial score (nSPS) is 19.2. The lowest BCUT2D eigenvalue weighted by atomic mass is 9.88. The summed E-state index contributed by atoms with van der Waals surface area (Å²) in [5, 5.41) is 0. The van der Waals surface area contributed by atoms with E-state index in [4.69, 9.17) is 4.74 Å². The van der Waals surface area contributed by atoms with Gasteiger partial charge in [0, 0.05) is 5.56 Å². The molecule has 1 heterocycles. The summed E-state index contributed by atoms with van der Waals surface area (Å²) >= 11 is 0. The largest absolute Gasteiger partial charge is 0.372 e. The molecule has 0 bridgehead atoms. The predicted molar refractivity (Wildman–Crippen MR) is 69.7 cm³/mol. The molecule has 2 aromatic carbocycles. The Balaban J connectivity index is 1.94. The van der Waals surface area contributed by atoms with Gasteiger partial charge >= 0.3 is 0 Å². The van der Waals surface area contributed by atoms with E-state index in [1.165, 1.54) is 0 Å². The van der Waals surface area contributed by atoms with E-state index in [0.717, 1.165) is 11.1 Å². The molecule has 0 radical (unpaired) electrons. The van der Waals surface area contributed by atoms with Gasteiger partial charge in [0.1, 0.15) is 0 Å². The van der Waals surface area contributed by atoms with Crippen molar-refractivity contribution in [3.63, 3.8) is 0 Å². The van der Waals surface area contributed by atoms with Crippen LogP contribution in [0.1, 0.15) is 21.8 Å². The average Bonchev–Trinajstić information content (AvgIpc) is 3.26. The zero-order chi connectivity index (χ0) is 12.4. The molecule has 90 valence electrons. The van der Waals surface area contributed by atoms with E-state index in [2.05, 4.69) is 0 Å². The van der Waals surface area contributed by atoms with Crippen molar-refractivity contribution in [3.8, 4) is 0 Å². The molecule has 18 heavy (non-hydrogen) atoms. The first-order valence-electron chi connectivity index (χ1n) is 6.12. The van der Waals surface area contributed by atoms with Crippen LogP contribution in [0.15, 0.2) is 60.7 Å². The fourth-order valence-corrected chi connectivity index (χ4v) is 2.23. The molecular formula is C16H14O2. The van der Waals surface area contributed by atoms with Gasteiger partial charge in [-0.3, -0.25) is 4.79 Å². The van der Waals surface area contributed by atoms with Gasteiger partial charge in [-0.1, -0.05) is 60.7 Å². The summed E-state index contributed by atoms with van der Waals surface area (Å²) in [7, 11) is 0. The van der Waals surface area contributed by atoms with Gasteiger partial charge in [-0.05, 0) is 5.56 Å². The van der Waals surface area contributed by atoms with Gasteiger partial charge in [0.15, 0.2) is 5.78 Å². The summed E-state index contributed by atoms with van der Waals surface area (Å²) in [6, 6.07) is 19.3. The quantitative estimate of drug-likeness (QED) is 0.605. The molecule has 2 unspecified atom stereocenters. The summed E-state index contributed by atoms with van der Waals surface area (Å²) in [6.07, 6.45) is 0.0418. The third-order valence-corrected chi connectivity index (χ3v) is 3.23. The van der Waals surface area contributed by atoms with E-state index >= 15 is 0 Å². The van der Waals surface area contributed by atoms with Gasteiger partial charge in [0.05, 0.1) is 18.6 Å². The van der Waals surface area contributed by atoms with Crippen LogP contribution in [0.25, 0.3) is 0 Å². The van der Waals surface area contributed by atoms with Crippen LogP contribution in [0, 0.1) is 0 Å². The molecule has 0 aliphatic carbocycles. The Morgan fingerprint density at radius 1 is 1.00 bits per heavy atom. The SMILES string of the molecule is O=C(c1ccccc1)C(c1ccccc1)C1CO1. The molecule has 0 spiro atoms. The lowest BCUT2D eigenvalue weighted by molar-refractivity contribution is 0.0944. The predicted octanol–water partition coefficient (Wildman–Crippen LogP) is 3.05. The monoisotopic (exact) mass is 238 g/mol. The van der Waals surface area contributed by atoms with Crippen LogP contribution < -0.4 is 0 Å². The third kappa shape index (κ3) is 2.20. The molecule has 2 nitrogen and oxygen atoms in total. The molecule has 2 heteroatoms. The molecule has 0 amide bonds.